The highest BCUT2D eigenvalue weighted by molar-refractivity contribution is 9.10. The minimum Gasteiger partial charge on any atom is -0.467 e. The van der Waals surface area contributed by atoms with Gasteiger partial charge < -0.3 is 14.2 Å². The number of hydrogen-bond acceptors (Lipinski definition) is 3. The molecular formula is C14H10BrNO3. The maximum Gasteiger partial charge on any atom is 0.287 e. The third-order valence-electron chi connectivity index (χ3n) is 2.74. The van der Waals surface area contributed by atoms with Gasteiger partial charge in [-0.1, -0.05) is 22.0 Å². The zero-order chi connectivity index (χ0) is 13.2. The van der Waals surface area contributed by atoms with Crippen LogP contribution >= 0.6 is 15.9 Å². The SMILES string of the molecule is O=C(NCc1ccco1)c1cc2c(Br)cccc2o1. The van der Waals surface area contributed by atoms with E-state index in [0.29, 0.717) is 17.9 Å². The smallest absolute Gasteiger partial charge is 0.287 e. The predicted molar refractivity (Wildman–Crippen MR) is 73.8 cm³/mol. The monoisotopic (exact) mass is 319 g/mol. The van der Waals surface area contributed by atoms with Crippen LogP contribution in [0.1, 0.15) is 16.3 Å². The molecule has 3 aromatic rings. The molecule has 0 saturated heterocycles. The van der Waals surface area contributed by atoms with Crippen LogP contribution in [0.15, 0.2) is 56.0 Å². The summed E-state index contributed by atoms with van der Waals surface area (Å²) in [4.78, 5) is 12.0. The number of rotatable bonds is 3. The summed E-state index contributed by atoms with van der Waals surface area (Å²) in [5.74, 6) is 0.721. The van der Waals surface area contributed by atoms with E-state index < -0.39 is 0 Å². The largest absolute Gasteiger partial charge is 0.467 e. The summed E-state index contributed by atoms with van der Waals surface area (Å²) in [6.07, 6.45) is 1.57. The second-order valence-electron chi connectivity index (χ2n) is 4.02. The number of fused-ring (bicyclic) bond motifs is 1. The number of benzene rings is 1. The molecule has 1 N–H and O–H groups in total. The van der Waals surface area contributed by atoms with Crippen molar-refractivity contribution in [2.75, 3.05) is 0 Å². The normalized spacial score (nSPS) is 10.8. The molecule has 0 atom stereocenters. The topological polar surface area (TPSA) is 55.4 Å². The fraction of sp³-hybridized carbons (Fsp3) is 0.0714. The van der Waals surface area contributed by atoms with Gasteiger partial charge in [-0.15, -0.1) is 0 Å². The second-order valence-corrected chi connectivity index (χ2v) is 4.88. The van der Waals surface area contributed by atoms with E-state index in [9.17, 15) is 4.79 Å². The van der Waals surface area contributed by atoms with E-state index in [1.54, 1.807) is 24.5 Å². The van der Waals surface area contributed by atoms with Crippen LogP contribution in [0.2, 0.25) is 0 Å². The van der Waals surface area contributed by atoms with Gasteiger partial charge in [0.15, 0.2) is 5.76 Å². The molecule has 2 heterocycles. The average molecular weight is 320 g/mol. The highest BCUT2D eigenvalue weighted by Gasteiger charge is 2.13. The molecule has 0 saturated carbocycles. The summed E-state index contributed by atoms with van der Waals surface area (Å²) in [5.41, 5.74) is 0.678. The van der Waals surface area contributed by atoms with Crippen LogP contribution in [0.3, 0.4) is 0 Å². The third-order valence-corrected chi connectivity index (χ3v) is 3.43. The Morgan fingerprint density at radius 3 is 2.89 bits per heavy atom. The molecule has 19 heavy (non-hydrogen) atoms. The number of carbonyl (C=O) groups excluding carboxylic acids is 1. The highest BCUT2D eigenvalue weighted by atomic mass is 79.9. The van der Waals surface area contributed by atoms with E-state index >= 15 is 0 Å². The van der Waals surface area contributed by atoms with Gasteiger partial charge in [0.25, 0.3) is 5.91 Å². The summed E-state index contributed by atoms with van der Waals surface area (Å²) in [5, 5.41) is 3.62. The Hall–Kier alpha value is -2.01. The van der Waals surface area contributed by atoms with Gasteiger partial charge in [0.1, 0.15) is 11.3 Å². The van der Waals surface area contributed by atoms with Crippen LogP contribution in [0.4, 0.5) is 0 Å². The van der Waals surface area contributed by atoms with Crippen LogP contribution in [0.5, 0.6) is 0 Å². The molecule has 0 unspecified atom stereocenters. The predicted octanol–water partition coefficient (Wildman–Crippen LogP) is 3.72. The van der Waals surface area contributed by atoms with Crippen molar-refractivity contribution in [2.24, 2.45) is 0 Å². The average Bonchev–Trinajstić information content (AvgIpc) is 3.05. The number of nitrogens with one attached hydrogen (secondary N) is 1. The minimum absolute atomic E-state index is 0.264. The number of hydrogen-bond donors (Lipinski definition) is 1. The highest BCUT2D eigenvalue weighted by Crippen LogP contribution is 2.26. The van der Waals surface area contributed by atoms with Crippen LogP contribution in [0.25, 0.3) is 11.0 Å². The van der Waals surface area contributed by atoms with E-state index in [1.165, 1.54) is 0 Å². The summed E-state index contributed by atoms with van der Waals surface area (Å²) in [6, 6.07) is 10.9. The van der Waals surface area contributed by atoms with E-state index in [1.807, 2.05) is 18.2 Å². The number of halogens is 1. The molecule has 4 nitrogen and oxygen atoms in total. The van der Waals surface area contributed by atoms with Gasteiger partial charge in [-0.2, -0.15) is 0 Å². The summed E-state index contributed by atoms with van der Waals surface area (Å²) in [6.45, 7) is 0.337. The van der Waals surface area contributed by atoms with Crippen molar-refractivity contribution in [1.29, 1.82) is 0 Å². The van der Waals surface area contributed by atoms with Crippen molar-refractivity contribution in [3.63, 3.8) is 0 Å². The fourth-order valence-corrected chi connectivity index (χ4v) is 2.27. The molecule has 5 heteroatoms. The van der Waals surface area contributed by atoms with Crippen molar-refractivity contribution in [3.8, 4) is 0 Å². The van der Waals surface area contributed by atoms with E-state index in [0.717, 1.165) is 9.86 Å². The number of carbonyl (C=O) groups is 1. The first-order valence-corrected chi connectivity index (χ1v) is 6.52. The van der Waals surface area contributed by atoms with Crippen molar-refractivity contribution < 1.29 is 13.6 Å². The van der Waals surface area contributed by atoms with Gasteiger partial charge in [-0.3, -0.25) is 4.79 Å². The lowest BCUT2D eigenvalue weighted by Crippen LogP contribution is -2.21. The Morgan fingerprint density at radius 1 is 1.26 bits per heavy atom. The molecular weight excluding hydrogens is 310 g/mol. The third kappa shape index (κ3) is 2.42. The Morgan fingerprint density at radius 2 is 2.16 bits per heavy atom. The van der Waals surface area contributed by atoms with Crippen LogP contribution in [-0.4, -0.2) is 5.91 Å². The molecule has 2 aromatic heterocycles. The second kappa shape index (κ2) is 4.93. The van der Waals surface area contributed by atoms with Gasteiger partial charge in [0.05, 0.1) is 12.8 Å². The maximum absolute atomic E-state index is 12.0. The van der Waals surface area contributed by atoms with Crippen LogP contribution < -0.4 is 5.32 Å². The zero-order valence-electron chi connectivity index (χ0n) is 9.85. The minimum atomic E-state index is -0.264. The van der Waals surface area contributed by atoms with Crippen LogP contribution in [-0.2, 0) is 6.54 Å². The van der Waals surface area contributed by atoms with Gasteiger partial charge >= 0.3 is 0 Å². The standard InChI is InChI=1S/C14H10BrNO3/c15-11-4-1-5-12-10(11)7-13(19-12)14(17)16-8-9-3-2-6-18-9/h1-7H,8H2,(H,16,17). The van der Waals surface area contributed by atoms with Gasteiger partial charge in [-0.05, 0) is 30.3 Å². The fourth-order valence-electron chi connectivity index (χ4n) is 1.80. The first kappa shape index (κ1) is 12.0. The summed E-state index contributed by atoms with van der Waals surface area (Å²) in [7, 11) is 0. The molecule has 3 rings (SSSR count). The molecule has 0 radical (unpaired) electrons. The first-order chi connectivity index (χ1) is 9.24. The van der Waals surface area contributed by atoms with Gasteiger partial charge in [0.2, 0.25) is 0 Å². The van der Waals surface area contributed by atoms with Crippen molar-refractivity contribution in [3.05, 3.63) is 58.7 Å². The maximum atomic E-state index is 12.0. The Kier molecular flexibility index (Phi) is 3.13. The molecule has 0 fully saturated rings. The van der Waals surface area contributed by atoms with Gasteiger partial charge in [0, 0.05) is 9.86 Å². The first-order valence-electron chi connectivity index (χ1n) is 5.72. The summed E-state index contributed by atoms with van der Waals surface area (Å²) >= 11 is 3.42. The van der Waals surface area contributed by atoms with E-state index in [4.69, 9.17) is 8.83 Å². The molecule has 0 spiro atoms. The van der Waals surface area contributed by atoms with E-state index in [-0.39, 0.29) is 11.7 Å². The summed E-state index contributed by atoms with van der Waals surface area (Å²) < 4.78 is 11.6. The lowest BCUT2D eigenvalue weighted by atomic mass is 10.2. The molecule has 96 valence electrons. The zero-order valence-corrected chi connectivity index (χ0v) is 11.4. The van der Waals surface area contributed by atoms with Gasteiger partial charge in [-0.25, -0.2) is 0 Å². The molecule has 0 aliphatic rings. The lowest BCUT2D eigenvalue weighted by Gasteiger charge is -1.99. The van der Waals surface area contributed by atoms with Crippen molar-refractivity contribution in [2.45, 2.75) is 6.54 Å². The Labute approximate surface area is 117 Å². The van der Waals surface area contributed by atoms with Crippen molar-refractivity contribution >= 4 is 32.8 Å². The molecule has 1 amide bonds. The van der Waals surface area contributed by atoms with Crippen LogP contribution in [0, 0.1) is 0 Å². The quantitative estimate of drug-likeness (QED) is 0.800. The van der Waals surface area contributed by atoms with E-state index in [2.05, 4.69) is 21.2 Å². The molecule has 0 aliphatic carbocycles. The lowest BCUT2D eigenvalue weighted by molar-refractivity contribution is 0.0922. The number of furan rings is 2. The Bertz CT molecular complexity index is 715. The Balaban J connectivity index is 1.80. The molecule has 0 aliphatic heterocycles. The number of amides is 1. The molecule has 1 aromatic carbocycles. The molecule has 0 bridgehead atoms. The van der Waals surface area contributed by atoms with Crippen molar-refractivity contribution in [1.82, 2.24) is 5.32 Å².